The molecule has 6 heteroatoms. The van der Waals surface area contributed by atoms with Crippen LogP contribution in [-0.4, -0.2) is 25.7 Å². The van der Waals surface area contributed by atoms with Gasteiger partial charge in [0.05, 0.1) is 18.6 Å². The Morgan fingerprint density at radius 1 is 1.46 bits per heavy atom. The van der Waals surface area contributed by atoms with E-state index in [2.05, 4.69) is 10.1 Å². The van der Waals surface area contributed by atoms with Gasteiger partial charge in [-0.15, -0.1) is 0 Å². The van der Waals surface area contributed by atoms with Crippen LogP contribution in [0.1, 0.15) is 10.4 Å². The van der Waals surface area contributed by atoms with Crippen molar-refractivity contribution in [2.75, 3.05) is 0 Å². The molecule has 66 valence electrons. The lowest BCUT2D eigenvalue weighted by molar-refractivity contribution is 0.0699. The molecule has 2 aromatic heterocycles. The predicted octanol–water partition coefficient (Wildman–Crippen LogP) is 1.08. The van der Waals surface area contributed by atoms with Gasteiger partial charge in [-0.25, -0.2) is 9.31 Å². The summed E-state index contributed by atoms with van der Waals surface area (Å²) in [6, 6.07) is 0. The first kappa shape index (κ1) is 8.00. The van der Waals surface area contributed by atoms with Crippen molar-refractivity contribution >= 4 is 23.1 Å². The molecule has 0 bridgehead atoms. The van der Waals surface area contributed by atoms with E-state index in [0.717, 1.165) is 0 Å². The Kier molecular flexibility index (Phi) is 1.66. The molecule has 0 aliphatic carbocycles. The van der Waals surface area contributed by atoms with Gasteiger partial charge in [0.25, 0.3) is 0 Å². The maximum atomic E-state index is 10.7. The van der Waals surface area contributed by atoms with Crippen LogP contribution in [-0.2, 0) is 0 Å². The molecule has 0 fully saturated rings. The van der Waals surface area contributed by atoms with Crippen molar-refractivity contribution in [2.24, 2.45) is 0 Å². The number of carbonyl (C=O) groups is 1. The summed E-state index contributed by atoms with van der Waals surface area (Å²) in [6.07, 6.45) is 4.04. The molecule has 2 rings (SSSR count). The molecule has 0 spiro atoms. The minimum Gasteiger partial charge on any atom is -0.478 e. The van der Waals surface area contributed by atoms with Gasteiger partial charge in [0.2, 0.25) is 0 Å². The Morgan fingerprint density at radius 2 is 2.23 bits per heavy atom. The quantitative estimate of drug-likeness (QED) is 0.743. The van der Waals surface area contributed by atoms with E-state index in [1.54, 1.807) is 0 Å². The molecule has 13 heavy (non-hydrogen) atoms. The van der Waals surface area contributed by atoms with Crippen molar-refractivity contribution in [1.29, 1.82) is 0 Å². The third kappa shape index (κ3) is 1.13. The summed E-state index contributed by atoms with van der Waals surface area (Å²) in [6.45, 7) is 0. The molecule has 2 heterocycles. The lowest BCUT2D eigenvalue weighted by Gasteiger charge is -1.94. The van der Waals surface area contributed by atoms with Crippen LogP contribution in [0.3, 0.4) is 0 Å². The fourth-order valence-corrected chi connectivity index (χ4v) is 1.23. The second-order valence-corrected chi connectivity index (χ2v) is 2.78. The first-order chi connectivity index (χ1) is 6.20. The summed E-state index contributed by atoms with van der Waals surface area (Å²) in [5.74, 6) is -1.04. The van der Waals surface area contributed by atoms with Gasteiger partial charge in [0.1, 0.15) is 16.2 Å². The molecule has 5 nitrogen and oxygen atoms in total. The van der Waals surface area contributed by atoms with Crippen molar-refractivity contribution < 1.29 is 9.90 Å². The molecular weight excluding hydrogens is 194 g/mol. The summed E-state index contributed by atoms with van der Waals surface area (Å²) >= 11 is 5.72. The topological polar surface area (TPSA) is 67.5 Å². The smallest absolute Gasteiger partial charge is 0.339 e. The van der Waals surface area contributed by atoms with Gasteiger partial charge >= 0.3 is 5.97 Å². The molecule has 2 aromatic rings. The van der Waals surface area contributed by atoms with E-state index in [1.807, 2.05) is 0 Å². The van der Waals surface area contributed by atoms with Crippen LogP contribution >= 0.6 is 11.6 Å². The number of hydrogen-bond donors (Lipinski definition) is 1. The van der Waals surface area contributed by atoms with E-state index in [0.29, 0.717) is 5.52 Å². The van der Waals surface area contributed by atoms with Crippen LogP contribution in [0.5, 0.6) is 0 Å². The van der Waals surface area contributed by atoms with Gasteiger partial charge in [-0.2, -0.15) is 5.10 Å². The third-order valence-electron chi connectivity index (χ3n) is 1.62. The monoisotopic (exact) mass is 197 g/mol. The number of aromatic nitrogens is 3. The molecule has 0 amide bonds. The van der Waals surface area contributed by atoms with Crippen LogP contribution in [0.2, 0.25) is 5.15 Å². The zero-order valence-corrected chi connectivity index (χ0v) is 7.06. The van der Waals surface area contributed by atoms with E-state index in [-0.39, 0.29) is 10.7 Å². The van der Waals surface area contributed by atoms with Crippen LogP contribution in [0.15, 0.2) is 18.6 Å². The van der Waals surface area contributed by atoms with Crippen LogP contribution in [0.25, 0.3) is 5.52 Å². The summed E-state index contributed by atoms with van der Waals surface area (Å²) in [4.78, 5) is 14.4. The van der Waals surface area contributed by atoms with E-state index in [9.17, 15) is 4.79 Å². The highest BCUT2D eigenvalue weighted by atomic mass is 35.5. The standard InChI is InChI=1S/C7H4ClN3O2/c8-6-3-9-2-5-4(7(12)13)1-10-11(5)6/h1-3H,(H,12,13). The Hall–Kier alpha value is -1.62. The zero-order valence-electron chi connectivity index (χ0n) is 6.31. The summed E-state index contributed by atoms with van der Waals surface area (Å²) in [5, 5.41) is 12.8. The fourth-order valence-electron chi connectivity index (χ4n) is 1.04. The molecule has 0 aliphatic heterocycles. The van der Waals surface area contributed by atoms with Crippen molar-refractivity contribution in [1.82, 2.24) is 14.6 Å². The molecular formula is C7H4ClN3O2. The lowest BCUT2D eigenvalue weighted by atomic mass is 10.3. The first-order valence-corrected chi connectivity index (χ1v) is 3.78. The minimum atomic E-state index is -1.04. The maximum absolute atomic E-state index is 10.7. The molecule has 0 radical (unpaired) electrons. The highest BCUT2D eigenvalue weighted by Gasteiger charge is 2.11. The molecule has 0 saturated heterocycles. The molecule has 0 unspecified atom stereocenters. The summed E-state index contributed by atoms with van der Waals surface area (Å²) in [5.41, 5.74) is 0.481. The first-order valence-electron chi connectivity index (χ1n) is 3.40. The van der Waals surface area contributed by atoms with Crippen LogP contribution in [0, 0.1) is 0 Å². The van der Waals surface area contributed by atoms with Crippen molar-refractivity contribution in [3.8, 4) is 0 Å². The number of halogens is 1. The van der Waals surface area contributed by atoms with Gasteiger partial charge in [-0.3, -0.25) is 4.98 Å². The van der Waals surface area contributed by atoms with E-state index in [1.165, 1.54) is 23.1 Å². The number of nitrogens with zero attached hydrogens (tertiary/aromatic N) is 3. The molecule has 0 aliphatic rings. The Morgan fingerprint density at radius 3 is 2.92 bits per heavy atom. The highest BCUT2D eigenvalue weighted by molar-refractivity contribution is 6.29. The second kappa shape index (κ2) is 2.70. The number of carboxylic acids is 1. The van der Waals surface area contributed by atoms with Crippen molar-refractivity contribution in [2.45, 2.75) is 0 Å². The molecule has 0 atom stereocenters. The SMILES string of the molecule is O=C(O)c1cnn2c(Cl)cncc12. The van der Waals surface area contributed by atoms with Crippen LogP contribution in [0.4, 0.5) is 0 Å². The van der Waals surface area contributed by atoms with Gasteiger partial charge in [-0.05, 0) is 0 Å². The highest BCUT2D eigenvalue weighted by Crippen LogP contribution is 2.13. The Labute approximate surface area is 77.6 Å². The van der Waals surface area contributed by atoms with Crippen molar-refractivity contribution in [3.05, 3.63) is 29.3 Å². The normalized spacial score (nSPS) is 10.5. The second-order valence-electron chi connectivity index (χ2n) is 2.39. The number of fused-ring (bicyclic) bond motifs is 1. The Bertz CT molecular complexity index is 480. The predicted molar refractivity (Wildman–Crippen MR) is 45.0 cm³/mol. The van der Waals surface area contributed by atoms with E-state index >= 15 is 0 Å². The fraction of sp³-hybridized carbons (Fsp3) is 0. The molecule has 0 saturated carbocycles. The maximum Gasteiger partial charge on any atom is 0.339 e. The Balaban J connectivity index is 2.83. The van der Waals surface area contributed by atoms with Gasteiger partial charge in [0, 0.05) is 0 Å². The van der Waals surface area contributed by atoms with Gasteiger partial charge in [0.15, 0.2) is 0 Å². The average Bonchev–Trinajstić information content (AvgIpc) is 2.48. The van der Waals surface area contributed by atoms with Crippen LogP contribution < -0.4 is 0 Å². The zero-order chi connectivity index (χ0) is 9.42. The van der Waals surface area contributed by atoms with E-state index in [4.69, 9.17) is 16.7 Å². The lowest BCUT2D eigenvalue weighted by Crippen LogP contribution is -1.96. The van der Waals surface area contributed by atoms with Crippen molar-refractivity contribution in [3.63, 3.8) is 0 Å². The number of carboxylic acid groups (broad SMARTS) is 1. The largest absolute Gasteiger partial charge is 0.478 e. The molecule has 1 N–H and O–H groups in total. The van der Waals surface area contributed by atoms with E-state index < -0.39 is 5.97 Å². The summed E-state index contributed by atoms with van der Waals surface area (Å²) < 4.78 is 1.32. The number of aromatic carboxylic acids is 1. The average molecular weight is 198 g/mol. The minimum absolute atomic E-state index is 0.0926. The summed E-state index contributed by atoms with van der Waals surface area (Å²) in [7, 11) is 0. The third-order valence-corrected chi connectivity index (χ3v) is 1.87. The van der Waals surface area contributed by atoms with Gasteiger partial charge in [-0.1, -0.05) is 11.6 Å². The molecule has 0 aromatic carbocycles. The number of hydrogen-bond acceptors (Lipinski definition) is 3. The number of rotatable bonds is 1. The van der Waals surface area contributed by atoms with Gasteiger partial charge < -0.3 is 5.11 Å².